The van der Waals surface area contributed by atoms with Crippen LogP contribution in [0.3, 0.4) is 0 Å². The van der Waals surface area contributed by atoms with Crippen molar-refractivity contribution in [3.05, 3.63) is 18.1 Å². The average molecular weight is 215 g/mol. The third kappa shape index (κ3) is 2.66. The molecule has 78 valence electrons. The van der Waals surface area contributed by atoms with Crippen LogP contribution in [0.15, 0.2) is 12.4 Å². The zero-order chi connectivity index (χ0) is 10.8. The minimum atomic E-state index is -3.32. The van der Waals surface area contributed by atoms with Crippen LogP contribution in [0.5, 0.6) is 0 Å². The van der Waals surface area contributed by atoms with Crippen molar-refractivity contribution in [1.29, 1.82) is 0 Å². The fraction of sp³-hybridized carbons (Fsp3) is 0.500. The maximum atomic E-state index is 11.4. The number of sulfonamides is 1. The zero-order valence-electron chi connectivity index (χ0n) is 8.35. The maximum Gasteiger partial charge on any atom is 0.236 e. The lowest BCUT2D eigenvalue weighted by Crippen LogP contribution is -2.23. The van der Waals surface area contributed by atoms with E-state index in [9.17, 15) is 8.42 Å². The molecule has 0 fully saturated rings. The molecule has 1 aromatic rings. The summed E-state index contributed by atoms with van der Waals surface area (Å²) in [6.07, 6.45) is 2.91. The van der Waals surface area contributed by atoms with Gasteiger partial charge in [0.05, 0.1) is 23.3 Å². The lowest BCUT2D eigenvalue weighted by atomic mass is 10.5. The van der Waals surface area contributed by atoms with Crippen LogP contribution in [0.2, 0.25) is 0 Å². The van der Waals surface area contributed by atoms with Gasteiger partial charge in [-0.1, -0.05) is 0 Å². The number of hydrogen-bond acceptors (Lipinski definition) is 4. The Morgan fingerprint density at radius 2 is 1.93 bits per heavy atom. The van der Waals surface area contributed by atoms with Crippen LogP contribution in [0.4, 0.5) is 5.82 Å². The second kappa shape index (κ2) is 3.91. The fourth-order valence-electron chi connectivity index (χ4n) is 0.709. The van der Waals surface area contributed by atoms with E-state index >= 15 is 0 Å². The summed E-state index contributed by atoms with van der Waals surface area (Å²) in [6, 6.07) is 0. The summed E-state index contributed by atoms with van der Waals surface area (Å²) in [5.74, 6) is 0.254. The summed E-state index contributed by atoms with van der Waals surface area (Å²) in [6.45, 7) is 4.99. The van der Waals surface area contributed by atoms with Crippen LogP contribution in [0.25, 0.3) is 0 Å². The molecule has 0 atom stereocenters. The van der Waals surface area contributed by atoms with Gasteiger partial charge in [0.25, 0.3) is 0 Å². The van der Waals surface area contributed by atoms with Crippen LogP contribution in [-0.2, 0) is 10.0 Å². The number of aryl methyl sites for hydroxylation is 1. The minimum absolute atomic E-state index is 0.254. The van der Waals surface area contributed by atoms with Gasteiger partial charge in [-0.3, -0.25) is 9.71 Å². The van der Waals surface area contributed by atoms with Crippen molar-refractivity contribution in [2.75, 3.05) is 4.72 Å². The van der Waals surface area contributed by atoms with Gasteiger partial charge in [0.2, 0.25) is 10.0 Å². The Bertz CT molecular complexity index is 397. The lowest BCUT2D eigenvalue weighted by molar-refractivity contribution is 0.592. The van der Waals surface area contributed by atoms with Crippen molar-refractivity contribution in [3.8, 4) is 0 Å². The summed E-state index contributed by atoms with van der Waals surface area (Å²) in [5, 5.41) is -0.481. The third-order valence-corrected chi connectivity index (χ3v) is 3.38. The molecule has 0 unspecified atom stereocenters. The van der Waals surface area contributed by atoms with Gasteiger partial charge in [-0.15, -0.1) is 0 Å². The highest BCUT2D eigenvalue weighted by Crippen LogP contribution is 2.07. The van der Waals surface area contributed by atoms with Crippen molar-refractivity contribution in [3.63, 3.8) is 0 Å². The van der Waals surface area contributed by atoms with Gasteiger partial charge in [0, 0.05) is 0 Å². The number of aromatic nitrogens is 2. The second-order valence-corrected chi connectivity index (χ2v) is 5.48. The lowest BCUT2D eigenvalue weighted by Gasteiger charge is -2.09. The van der Waals surface area contributed by atoms with Crippen LogP contribution < -0.4 is 4.72 Å². The van der Waals surface area contributed by atoms with E-state index in [1.807, 2.05) is 0 Å². The first-order valence-electron chi connectivity index (χ1n) is 4.22. The van der Waals surface area contributed by atoms with Crippen LogP contribution in [0, 0.1) is 6.92 Å². The number of hydrogen-bond donors (Lipinski definition) is 1. The normalized spacial score (nSPS) is 11.7. The highest BCUT2D eigenvalue weighted by atomic mass is 32.2. The van der Waals surface area contributed by atoms with Crippen LogP contribution >= 0.6 is 0 Å². The third-order valence-electron chi connectivity index (χ3n) is 1.65. The predicted molar refractivity (Wildman–Crippen MR) is 54.4 cm³/mol. The molecule has 0 aliphatic heterocycles. The predicted octanol–water partition coefficient (Wildman–Crippen LogP) is 0.935. The molecule has 14 heavy (non-hydrogen) atoms. The molecule has 1 heterocycles. The molecule has 5 nitrogen and oxygen atoms in total. The van der Waals surface area contributed by atoms with Gasteiger partial charge >= 0.3 is 0 Å². The van der Waals surface area contributed by atoms with Crippen molar-refractivity contribution >= 4 is 15.8 Å². The van der Waals surface area contributed by atoms with Crippen molar-refractivity contribution in [1.82, 2.24) is 9.97 Å². The molecular weight excluding hydrogens is 202 g/mol. The Morgan fingerprint density at radius 1 is 1.29 bits per heavy atom. The number of nitrogens with one attached hydrogen (secondary N) is 1. The number of nitrogens with zero attached hydrogens (tertiary/aromatic N) is 2. The quantitative estimate of drug-likeness (QED) is 0.814. The maximum absolute atomic E-state index is 11.4. The topological polar surface area (TPSA) is 72.0 Å². The van der Waals surface area contributed by atoms with E-state index in [2.05, 4.69) is 14.7 Å². The van der Waals surface area contributed by atoms with Crippen molar-refractivity contribution in [2.24, 2.45) is 0 Å². The standard InChI is InChI=1S/C8H13N3O2S/c1-6(2)14(12,13)11-8-5-9-7(3)4-10-8/h4-6H,1-3H3,(H,10,11). The summed E-state index contributed by atoms with van der Waals surface area (Å²) >= 11 is 0. The molecule has 0 saturated carbocycles. The Kier molecular flexibility index (Phi) is 3.05. The smallest absolute Gasteiger partial charge is 0.236 e. The Morgan fingerprint density at radius 3 is 2.36 bits per heavy atom. The second-order valence-electron chi connectivity index (χ2n) is 3.24. The average Bonchev–Trinajstić information content (AvgIpc) is 2.08. The van der Waals surface area contributed by atoms with Gasteiger partial charge in [-0.2, -0.15) is 0 Å². The molecule has 0 radical (unpaired) electrons. The van der Waals surface area contributed by atoms with Crippen LogP contribution in [-0.4, -0.2) is 23.6 Å². The van der Waals surface area contributed by atoms with E-state index in [1.54, 1.807) is 20.8 Å². The number of anilines is 1. The van der Waals surface area contributed by atoms with E-state index in [-0.39, 0.29) is 5.82 Å². The Labute approximate surface area is 83.6 Å². The summed E-state index contributed by atoms with van der Waals surface area (Å²) in [7, 11) is -3.32. The summed E-state index contributed by atoms with van der Waals surface area (Å²) in [4.78, 5) is 7.83. The largest absolute Gasteiger partial charge is 0.266 e. The van der Waals surface area contributed by atoms with Gasteiger partial charge in [-0.05, 0) is 20.8 Å². The zero-order valence-corrected chi connectivity index (χ0v) is 9.17. The molecule has 0 bridgehead atoms. The first-order chi connectivity index (χ1) is 6.42. The molecule has 6 heteroatoms. The summed E-state index contributed by atoms with van der Waals surface area (Å²) < 4.78 is 25.2. The van der Waals surface area contributed by atoms with Crippen molar-refractivity contribution in [2.45, 2.75) is 26.0 Å². The molecule has 0 aromatic carbocycles. The molecule has 1 aromatic heterocycles. The first-order valence-corrected chi connectivity index (χ1v) is 5.77. The van der Waals surface area contributed by atoms with Gasteiger partial charge in [0.1, 0.15) is 0 Å². The fourth-order valence-corrected chi connectivity index (χ4v) is 1.34. The highest BCUT2D eigenvalue weighted by molar-refractivity contribution is 7.93. The summed E-state index contributed by atoms with van der Waals surface area (Å²) in [5.41, 5.74) is 0.748. The molecule has 0 spiro atoms. The Hall–Kier alpha value is -1.17. The molecule has 1 N–H and O–H groups in total. The van der Waals surface area contributed by atoms with E-state index in [1.165, 1.54) is 12.4 Å². The highest BCUT2D eigenvalue weighted by Gasteiger charge is 2.15. The molecule has 0 aliphatic rings. The van der Waals surface area contributed by atoms with E-state index in [4.69, 9.17) is 0 Å². The number of rotatable bonds is 3. The monoisotopic (exact) mass is 215 g/mol. The minimum Gasteiger partial charge on any atom is -0.266 e. The SMILES string of the molecule is Cc1cnc(NS(=O)(=O)C(C)C)cn1. The van der Waals surface area contributed by atoms with Crippen LogP contribution in [0.1, 0.15) is 19.5 Å². The molecule has 0 saturated heterocycles. The molecule has 0 amide bonds. The Balaban J connectivity index is 2.85. The molecule has 1 rings (SSSR count). The van der Waals surface area contributed by atoms with Gasteiger partial charge in [0.15, 0.2) is 5.82 Å². The molecule has 0 aliphatic carbocycles. The van der Waals surface area contributed by atoms with Gasteiger partial charge in [-0.25, -0.2) is 13.4 Å². The van der Waals surface area contributed by atoms with Crippen molar-refractivity contribution < 1.29 is 8.42 Å². The van der Waals surface area contributed by atoms with E-state index in [0.717, 1.165) is 5.69 Å². The first kappa shape index (κ1) is 10.9. The van der Waals surface area contributed by atoms with Gasteiger partial charge < -0.3 is 0 Å². The van der Waals surface area contributed by atoms with E-state index in [0.29, 0.717) is 0 Å². The molecular formula is C8H13N3O2S. The van der Waals surface area contributed by atoms with E-state index < -0.39 is 15.3 Å².